The van der Waals surface area contributed by atoms with Gasteiger partial charge in [-0.2, -0.15) is 4.98 Å². The lowest BCUT2D eigenvalue weighted by atomic mass is 10.3. The maximum Gasteiger partial charge on any atom is 0.246 e. The zero-order chi connectivity index (χ0) is 13.8. The number of nitrogens with two attached hydrogens (primary N) is 1. The average Bonchev–Trinajstić information content (AvgIpc) is 2.78. The molecule has 1 aromatic rings. The minimum absolute atomic E-state index is 0.233. The van der Waals surface area contributed by atoms with E-state index in [0.29, 0.717) is 19.2 Å². The summed E-state index contributed by atoms with van der Waals surface area (Å²) in [6, 6.07) is 0. The monoisotopic (exact) mass is 286 g/mol. The second-order valence-corrected chi connectivity index (χ2v) is 4.52. The molecule has 0 aromatic carbocycles. The van der Waals surface area contributed by atoms with Crippen LogP contribution in [0.3, 0.4) is 0 Å². The Hall–Kier alpha value is -1.45. The van der Waals surface area contributed by atoms with Gasteiger partial charge in [-0.05, 0) is 6.92 Å². The Morgan fingerprint density at radius 1 is 1.53 bits per heavy atom. The van der Waals surface area contributed by atoms with Crippen molar-refractivity contribution in [3.8, 4) is 0 Å². The molecule has 2 unspecified atom stereocenters. The molecule has 0 saturated carbocycles. The van der Waals surface area contributed by atoms with Crippen LogP contribution in [0.25, 0.3) is 0 Å². The van der Waals surface area contributed by atoms with Crippen LogP contribution in [0.15, 0.2) is 0 Å². The number of rotatable bonds is 5. The SMILES string of the molecule is CC(O)C(NC=S)n1nc(N2CCOCC2)nc1N. The highest BCUT2D eigenvalue weighted by Gasteiger charge is 2.23. The maximum atomic E-state index is 9.73. The zero-order valence-corrected chi connectivity index (χ0v) is 11.5. The molecular weight excluding hydrogens is 268 g/mol. The van der Waals surface area contributed by atoms with Crippen LogP contribution in [0.2, 0.25) is 0 Å². The summed E-state index contributed by atoms with van der Waals surface area (Å²) in [6.45, 7) is 4.37. The minimum Gasteiger partial charge on any atom is -0.389 e. The molecule has 2 atom stereocenters. The number of hydrogen-bond donors (Lipinski definition) is 3. The number of ether oxygens (including phenoxy) is 1. The van der Waals surface area contributed by atoms with E-state index in [4.69, 9.17) is 22.7 Å². The van der Waals surface area contributed by atoms with Crippen molar-refractivity contribution >= 4 is 29.6 Å². The van der Waals surface area contributed by atoms with Gasteiger partial charge in [-0.1, -0.05) is 12.2 Å². The molecule has 2 heterocycles. The van der Waals surface area contributed by atoms with E-state index in [1.807, 2.05) is 4.90 Å². The molecule has 8 nitrogen and oxygen atoms in total. The quantitative estimate of drug-likeness (QED) is 0.600. The van der Waals surface area contributed by atoms with Gasteiger partial charge in [-0.25, -0.2) is 4.68 Å². The molecule has 0 spiro atoms. The summed E-state index contributed by atoms with van der Waals surface area (Å²) in [5.41, 5.74) is 7.18. The van der Waals surface area contributed by atoms with Gasteiger partial charge in [0, 0.05) is 13.1 Å². The van der Waals surface area contributed by atoms with Crippen LogP contribution in [0, 0.1) is 0 Å². The van der Waals surface area contributed by atoms with Crippen LogP contribution in [-0.4, -0.2) is 57.8 Å². The van der Waals surface area contributed by atoms with Gasteiger partial charge in [0.25, 0.3) is 0 Å². The van der Waals surface area contributed by atoms with Crippen molar-refractivity contribution in [3.63, 3.8) is 0 Å². The number of nitrogens with zero attached hydrogens (tertiary/aromatic N) is 4. The topological polar surface area (TPSA) is 101 Å². The van der Waals surface area contributed by atoms with Crippen molar-refractivity contribution in [3.05, 3.63) is 0 Å². The van der Waals surface area contributed by atoms with E-state index < -0.39 is 12.3 Å². The number of thiocarbonyl (C=S) groups is 1. The van der Waals surface area contributed by atoms with Crippen molar-refractivity contribution in [2.45, 2.75) is 19.2 Å². The van der Waals surface area contributed by atoms with Crippen LogP contribution < -0.4 is 16.0 Å². The Balaban J connectivity index is 2.21. The van der Waals surface area contributed by atoms with E-state index in [9.17, 15) is 5.11 Å². The normalized spacial score (nSPS) is 18.9. The summed E-state index contributed by atoms with van der Waals surface area (Å²) in [4.78, 5) is 6.21. The molecule has 19 heavy (non-hydrogen) atoms. The fourth-order valence-corrected chi connectivity index (χ4v) is 2.05. The predicted octanol–water partition coefficient (Wildman–Crippen LogP) is -0.877. The molecule has 2 rings (SSSR count). The predicted molar refractivity (Wildman–Crippen MR) is 75.0 cm³/mol. The first-order chi connectivity index (χ1) is 9.13. The molecule has 0 aliphatic carbocycles. The van der Waals surface area contributed by atoms with E-state index in [1.54, 1.807) is 6.92 Å². The largest absolute Gasteiger partial charge is 0.389 e. The van der Waals surface area contributed by atoms with Gasteiger partial charge in [0.2, 0.25) is 11.9 Å². The molecule has 0 radical (unpaired) electrons. The van der Waals surface area contributed by atoms with Crippen molar-refractivity contribution in [1.29, 1.82) is 0 Å². The lowest BCUT2D eigenvalue weighted by Gasteiger charge is -2.25. The molecule has 0 bridgehead atoms. The first-order valence-corrected chi connectivity index (χ1v) is 6.53. The first kappa shape index (κ1) is 14.0. The Bertz CT molecular complexity index is 432. The Morgan fingerprint density at radius 2 is 2.21 bits per heavy atom. The number of aromatic nitrogens is 3. The highest BCUT2D eigenvalue weighted by atomic mass is 32.1. The van der Waals surface area contributed by atoms with Crippen molar-refractivity contribution < 1.29 is 9.84 Å². The third-order valence-corrected chi connectivity index (χ3v) is 3.04. The molecule has 1 aliphatic rings. The number of nitrogen functional groups attached to an aromatic ring is 1. The third-order valence-electron chi connectivity index (χ3n) is 2.90. The Labute approximate surface area is 116 Å². The fourth-order valence-electron chi connectivity index (χ4n) is 1.91. The number of morpholine rings is 1. The highest BCUT2D eigenvalue weighted by molar-refractivity contribution is 7.78. The van der Waals surface area contributed by atoms with Gasteiger partial charge in [0.1, 0.15) is 0 Å². The molecule has 106 valence electrons. The van der Waals surface area contributed by atoms with E-state index in [-0.39, 0.29) is 5.95 Å². The fraction of sp³-hybridized carbons (Fsp3) is 0.700. The first-order valence-electron chi connectivity index (χ1n) is 6.06. The van der Waals surface area contributed by atoms with Crippen molar-refractivity contribution in [2.24, 2.45) is 0 Å². The summed E-state index contributed by atoms with van der Waals surface area (Å²) >= 11 is 4.75. The van der Waals surface area contributed by atoms with E-state index in [0.717, 1.165) is 13.1 Å². The molecule has 1 aromatic heterocycles. The van der Waals surface area contributed by atoms with Crippen LogP contribution >= 0.6 is 12.2 Å². The van der Waals surface area contributed by atoms with E-state index >= 15 is 0 Å². The summed E-state index contributed by atoms with van der Waals surface area (Å²) in [7, 11) is 0. The van der Waals surface area contributed by atoms with Gasteiger partial charge in [-0.15, -0.1) is 5.10 Å². The average molecular weight is 286 g/mol. The molecule has 1 saturated heterocycles. The molecule has 9 heteroatoms. The molecule has 0 amide bonds. The van der Waals surface area contributed by atoms with E-state index in [1.165, 1.54) is 10.2 Å². The summed E-state index contributed by atoms with van der Waals surface area (Å²) in [5, 5.41) is 16.9. The summed E-state index contributed by atoms with van der Waals surface area (Å²) in [5.74, 6) is 0.773. The summed E-state index contributed by atoms with van der Waals surface area (Å²) in [6.07, 6.45) is -1.24. The minimum atomic E-state index is -0.708. The Morgan fingerprint density at radius 3 is 2.79 bits per heavy atom. The number of hydrogen-bond acceptors (Lipinski definition) is 7. The van der Waals surface area contributed by atoms with Crippen LogP contribution in [-0.2, 0) is 4.74 Å². The van der Waals surface area contributed by atoms with Crippen molar-refractivity contribution in [1.82, 2.24) is 20.1 Å². The second kappa shape index (κ2) is 6.13. The standard InChI is InChI=1S/C10H18N6O2S/c1-7(17)8(12-6-19)16-9(11)13-10(14-16)15-2-4-18-5-3-15/h6-8,17H,2-5H2,1H3,(H,12,19)(H2,11,13,14). The lowest BCUT2D eigenvalue weighted by Crippen LogP contribution is -2.38. The number of aliphatic hydroxyl groups excluding tert-OH is 1. The molecule has 1 fully saturated rings. The zero-order valence-electron chi connectivity index (χ0n) is 10.7. The van der Waals surface area contributed by atoms with Crippen LogP contribution in [0.1, 0.15) is 13.1 Å². The van der Waals surface area contributed by atoms with Crippen LogP contribution in [0.5, 0.6) is 0 Å². The maximum absolute atomic E-state index is 9.73. The van der Waals surface area contributed by atoms with Gasteiger partial charge >= 0.3 is 0 Å². The van der Waals surface area contributed by atoms with Gasteiger partial charge < -0.3 is 25.8 Å². The smallest absolute Gasteiger partial charge is 0.246 e. The summed E-state index contributed by atoms with van der Waals surface area (Å²) < 4.78 is 6.72. The Kier molecular flexibility index (Phi) is 4.51. The number of nitrogens with one attached hydrogen (secondary N) is 1. The number of aliphatic hydroxyl groups is 1. The third kappa shape index (κ3) is 3.11. The molecule has 4 N–H and O–H groups in total. The van der Waals surface area contributed by atoms with E-state index in [2.05, 4.69) is 15.4 Å². The van der Waals surface area contributed by atoms with Crippen LogP contribution in [0.4, 0.5) is 11.9 Å². The molecular formula is C10H18N6O2S. The molecule has 1 aliphatic heterocycles. The van der Waals surface area contributed by atoms with Gasteiger partial charge in [0.15, 0.2) is 6.17 Å². The number of anilines is 2. The van der Waals surface area contributed by atoms with Gasteiger partial charge in [-0.3, -0.25) is 0 Å². The highest BCUT2D eigenvalue weighted by Crippen LogP contribution is 2.17. The van der Waals surface area contributed by atoms with Crippen molar-refractivity contribution in [2.75, 3.05) is 36.9 Å². The lowest BCUT2D eigenvalue weighted by molar-refractivity contribution is 0.115. The van der Waals surface area contributed by atoms with Gasteiger partial charge in [0.05, 0.1) is 24.8 Å². The second-order valence-electron chi connectivity index (χ2n) is 4.28.